The summed E-state index contributed by atoms with van der Waals surface area (Å²) in [6, 6.07) is 0. The number of halogens is 5. The van der Waals surface area contributed by atoms with Gasteiger partial charge in [0.25, 0.3) is 0 Å². The molecule has 220 valence electrons. The van der Waals surface area contributed by atoms with Crippen LogP contribution < -0.4 is 0 Å². The Morgan fingerprint density at radius 1 is 1.03 bits per heavy atom. The van der Waals surface area contributed by atoms with E-state index in [-0.39, 0.29) is 11.5 Å². The molecule has 0 aliphatic heterocycles. The van der Waals surface area contributed by atoms with Crippen molar-refractivity contribution in [2.24, 2.45) is 46.3 Å². The Balaban J connectivity index is 0.000000599. The molecule has 8 unspecified atom stereocenters. The van der Waals surface area contributed by atoms with Gasteiger partial charge in [-0.1, -0.05) is 65.5 Å². The summed E-state index contributed by atoms with van der Waals surface area (Å²) in [5.74, 6) is 4.34. The highest BCUT2D eigenvalue weighted by molar-refractivity contribution is 5.70. The van der Waals surface area contributed by atoms with E-state index in [0.717, 1.165) is 54.8 Å². The molecule has 4 aliphatic rings. The van der Waals surface area contributed by atoms with Crippen molar-refractivity contribution in [3.8, 4) is 0 Å². The van der Waals surface area contributed by atoms with E-state index in [1.54, 1.807) is 0 Å². The maximum atomic E-state index is 12.6. The lowest BCUT2D eigenvalue weighted by atomic mass is 9.47. The van der Waals surface area contributed by atoms with Gasteiger partial charge >= 0.3 is 12.1 Å². The smallest absolute Gasteiger partial charge is 0.416 e. The summed E-state index contributed by atoms with van der Waals surface area (Å²) < 4.78 is 59.6. The first-order chi connectivity index (χ1) is 17.7. The summed E-state index contributed by atoms with van der Waals surface area (Å²) in [6.07, 6.45) is 11.5. The van der Waals surface area contributed by atoms with Crippen molar-refractivity contribution in [1.29, 1.82) is 0 Å². The van der Waals surface area contributed by atoms with Gasteiger partial charge in [0.05, 0.1) is 0 Å². The van der Waals surface area contributed by atoms with Gasteiger partial charge in [-0.05, 0) is 91.3 Å². The standard InChI is InChI=1S/C29H47FO2.C2H2F4/c1-19(2)7-6-8-20(3)24-11-12-25-23-10-9-21-17-22(32-27(31)18-30)13-15-28(21,4)26(23)14-16-29(24,25)5;3-1-2(4,5)6/h9,19-20,22-26H,6-8,10-18H2,1-5H3;1H2. The number of fused-ring (bicyclic) bond motifs is 5. The number of carbonyl (C=O) groups is 1. The van der Waals surface area contributed by atoms with Gasteiger partial charge in [0.15, 0.2) is 13.3 Å². The van der Waals surface area contributed by atoms with Gasteiger partial charge in [0, 0.05) is 6.42 Å². The quantitative estimate of drug-likeness (QED) is 0.180. The number of carbonyl (C=O) groups excluding carboxylic acids is 1. The molecular formula is C31H49F5O2. The molecule has 0 heterocycles. The third kappa shape index (κ3) is 6.95. The van der Waals surface area contributed by atoms with Crippen molar-refractivity contribution in [3.05, 3.63) is 11.6 Å². The SMILES string of the molecule is CC(C)CCCC(C)C1CCC2C3CC=C4CC(OC(=O)CF)CCC4(C)C3CCC12C.FCC(F)(F)F. The fraction of sp³-hybridized carbons (Fsp3) is 0.903. The van der Waals surface area contributed by atoms with E-state index in [4.69, 9.17) is 4.74 Å². The van der Waals surface area contributed by atoms with Gasteiger partial charge in [-0.3, -0.25) is 0 Å². The van der Waals surface area contributed by atoms with Crippen LogP contribution in [0, 0.1) is 46.3 Å². The lowest BCUT2D eigenvalue weighted by Crippen LogP contribution is -2.51. The summed E-state index contributed by atoms with van der Waals surface area (Å²) >= 11 is 0. The van der Waals surface area contributed by atoms with E-state index in [0.29, 0.717) is 5.41 Å². The Morgan fingerprint density at radius 3 is 2.32 bits per heavy atom. The molecule has 0 aromatic heterocycles. The molecule has 3 saturated carbocycles. The Kier molecular flexibility index (Phi) is 10.4. The van der Waals surface area contributed by atoms with Crippen LogP contribution in [-0.2, 0) is 9.53 Å². The maximum Gasteiger partial charge on any atom is 0.416 e. The van der Waals surface area contributed by atoms with Crippen molar-refractivity contribution in [1.82, 2.24) is 0 Å². The highest BCUT2D eigenvalue weighted by Crippen LogP contribution is 2.67. The molecule has 0 N–H and O–H groups in total. The number of ether oxygens (including phenoxy) is 1. The minimum absolute atomic E-state index is 0.120. The van der Waals surface area contributed by atoms with Gasteiger partial charge in [-0.2, -0.15) is 13.2 Å². The first-order valence-electron chi connectivity index (χ1n) is 14.8. The van der Waals surface area contributed by atoms with Gasteiger partial charge in [0.2, 0.25) is 0 Å². The Morgan fingerprint density at radius 2 is 1.71 bits per heavy atom. The number of esters is 1. The van der Waals surface area contributed by atoms with Crippen molar-refractivity contribution < 1.29 is 31.5 Å². The minimum Gasteiger partial charge on any atom is -0.460 e. The highest BCUT2D eigenvalue weighted by Gasteiger charge is 2.59. The zero-order valence-corrected chi connectivity index (χ0v) is 24.0. The summed E-state index contributed by atoms with van der Waals surface area (Å²) in [5, 5.41) is 0. The van der Waals surface area contributed by atoms with E-state index < -0.39 is 25.5 Å². The number of hydrogen-bond donors (Lipinski definition) is 0. The Labute approximate surface area is 226 Å². The zero-order chi connectivity index (χ0) is 28.3. The average molecular weight is 549 g/mol. The molecule has 0 amide bonds. The molecular weight excluding hydrogens is 499 g/mol. The molecule has 0 saturated heterocycles. The number of hydrogen-bond acceptors (Lipinski definition) is 2. The molecule has 0 bridgehead atoms. The first kappa shape index (κ1) is 31.4. The van der Waals surface area contributed by atoms with Crippen LogP contribution in [0.25, 0.3) is 0 Å². The molecule has 0 aromatic rings. The summed E-state index contributed by atoms with van der Waals surface area (Å²) in [4.78, 5) is 11.5. The summed E-state index contributed by atoms with van der Waals surface area (Å²) in [5.41, 5.74) is 2.28. The molecule has 0 spiro atoms. The van der Waals surface area contributed by atoms with Crippen LogP contribution in [0.3, 0.4) is 0 Å². The van der Waals surface area contributed by atoms with Crippen LogP contribution >= 0.6 is 0 Å². The molecule has 0 radical (unpaired) electrons. The molecule has 4 rings (SSSR count). The lowest BCUT2D eigenvalue weighted by Gasteiger charge is -2.58. The topological polar surface area (TPSA) is 26.3 Å². The lowest BCUT2D eigenvalue weighted by molar-refractivity contribution is -0.152. The second kappa shape index (κ2) is 12.6. The van der Waals surface area contributed by atoms with E-state index >= 15 is 0 Å². The molecule has 4 aliphatic carbocycles. The van der Waals surface area contributed by atoms with Crippen molar-refractivity contribution in [3.63, 3.8) is 0 Å². The predicted molar refractivity (Wildman–Crippen MR) is 141 cm³/mol. The normalized spacial score (nSPS) is 37.2. The van der Waals surface area contributed by atoms with E-state index in [9.17, 15) is 26.7 Å². The maximum absolute atomic E-state index is 12.6. The second-order valence-corrected chi connectivity index (χ2v) is 13.5. The fourth-order valence-electron chi connectivity index (χ4n) is 8.97. The van der Waals surface area contributed by atoms with Crippen LogP contribution in [-0.4, -0.2) is 31.6 Å². The second-order valence-electron chi connectivity index (χ2n) is 13.5. The van der Waals surface area contributed by atoms with Crippen LogP contribution in [0.4, 0.5) is 22.0 Å². The fourth-order valence-corrected chi connectivity index (χ4v) is 8.97. The number of allylic oxidation sites excluding steroid dienone is 1. The molecule has 3 fully saturated rings. The van der Waals surface area contributed by atoms with E-state index in [1.165, 1.54) is 56.9 Å². The number of alkyl halides is 5. The average Bonchev–Trinajstić information content (AvgIpc) is 3.21. The third-order valence-corrected chi connectivity index (χ3v) is 10.8. The van der Waals surface area contributed by atoms with Crippen LogP contribution in [0.5, 0.6) is 0 Å². The van der Waals surface area contributed by atoms with Crippen LogP contribution in [0.1, 0.15) is 105 Å². The Hall–Kier alpha value is -1.14. The third-order valence-electron chi connectivity index (χ3n) is 10.8. The molecule has 2 nitrogen and oxygen atoms in total. The van der Waals surface area contributed by atoms with Crippen LogP contribution in [0.2, 0.25) is 0 Å². The van der Waals surface area contributed by atoms with Crippen molar-refractivity contribution in [2.45, 2.75) is 118 Å². The van der Waals surface area contributed by atoms with Crippen molar-refractivity contribution >= 4 is 5.97 Å². The molecule has 0 aromatic carbocycles. The molecule has 8 atom stereocenters. The molecule has 38 heavy (non-hydrogen) atoms. The van der Waals surface area contributed by atoms with Gasteiger partial charge in [0.1, 0.15) is 6.10 Å². The van der Waals surface area contributed by atoms with E-state index in [2.05, 4.69) is 40.7 Å². The highest BCUT2D eigenvalue weighted by atomic mass is 19.4. The Bertz CT molecular complexity index is 824. The summed E-state index contributed by atoms with van der Waals surface area (Å²) in [7, 11) is 0. The van der Waals surface area contributed by atoms with Gasteiger partial charge < -0.3 is 4.74 Å². The largest absolute Gasteiger partial charge is 0.460 e. The van der Waals surface area contributed by atoms with E-state index in [1.807, 2.05) is 0 Å². The zero-order valence-electron chi connectivity index (χ0n) is 24.0. The van der Waals surface area contributed by atoms with Gasteiger partial charge in [-0.25, -0.2) is 13.6 Å². The number of rotatable bonds is 7. The minimum atomic E-state index is -4.62. The van der Waals surface area contributed by atoms with Gasteiger partial charge in [-0.15, -0.1) is 0 Å². The van der Waals surface area contributed by atoms with Crippen molar-refractivity contribution in [2.75, 3.05) is 13.3 Å². The molecule has 7 heteroatoms. The first-order valence-corrected chi connectivity index (χ1v) is 14.8. The predicted octanol–water partition coefficient (Wildman–Crippen LogP) is 9.43. The summed E-state index contributed by atoms with van der Waals surface area (Å²) in [6.45, 7) is 9.16. The monoisotopic (exact) mass is 548 g/mol. The van der Waals surface area contributed by atoms with Crippen LogP contribution in [0.15, 0.2) is 11.6 Å².